The number of aromatic amines is 1. The van der Waals surface area contributed by atoms with Gasteiger partial charge in [0.25, 0.3) is 0 Å². The van der Waals surface area contributed by atoms with E-state index in [-0.39, 0.29) is 5.75 Å². The first-order valence-electron chi connectivity index (χ1n) is 8.13. The van der Waals surface area contributed by atoms with Gasteiger partial charge in [0, 0.05) is 29.3 Å². The molecule has 0 unspecified atom stereocenters. The van der Waals surface area contributed by atoms with E-state index in [0.29, 0.717) is 17.9 Å². The van der Waals surface area contributed by atoms with E-state index in [0.717, 1.165) is 32.9 Å². The second kappa shape index (κ2) is 6.76. The van der Waals surface area contributed by atoms with E-state index in [1.54, 1.807) is 12.1 Å². The molecule has 4 rings (SSSR count). The van der Waals surface area contributed by atoms with Gasteiger partial charge >= 0.3 is 5.63 Å². The number of nitrogens with zero attached hydrogens (tertiary/aromatic N) is 1. The number of H-pyrrole nitrogens is 1. The van der Waals surface area contributed by atoms with Gasteiger partial charge in [-0.2, -0.15) is 0 Å². The van der Waals surface area contributed by atoms with Crippen molar-refractivity contribution in [3.63, 3.8) is 0 Å². The summed E-state index contributed by atoms with van der Waals surface area (Å²) in [4.78, 5) is 19.6. The van der Waals surface area contributed by atoms with E-state index in [1.807, 2.05) is 25.1 Å². The van der Waals surface area contributed by atoms with Crippen molar-refractivity contribution >= 4 is 33.8 Å². The molecule has 0 spiro atoms. The Bertz CT molecular complexity index is 1150. The monoisotopic (exact) mass is 368 g/mol. The van der Waals surface area contributed by atoms with E-state index in [4.69, 9.17) is 9.15 Å². The quantitative estimate of drug-likeness (QED) is 0.408. The lowest BCUT2D eigenvalue weighted by atomic mass is 10.1. The van der Waals surface area contributed by atoms with Gasteiger partial charge in [-0.3, -0.25) is 0 Å². The number of aromatic nitrogens is 2. The molecule has 0 aliphatic carbocycles. The van der Waals surface area contributed by atoms with Crippen LogP contribution in [0.4, 0.5) is 0 Å². The van der Waals surface area contributed by atoms with Crippen LogP contribution in [0, 0.1) is 0 Å². The summed E-state index contributed by atoms with van der Waals surface area (Å²) < 4.78 is 10.7. The van der Waals surface area contributed by atoms with Crippen molar-refractivity contribution in [1.29, 1.82) is 0 Å². The molecule has 132 valence electrons. The molecule has 0 bridgehead atoms. The summed E-state index contributed by atoms with van der Waals surface area (Å²) in [6.07, 6.45) is 0. The standard InChI is InChI=1S/C19H16N2O4S/c1-2-24-13-4-6-15-16(9-13)21-19(20-15)26-10-11-7-18(23)25-17-8-12(22)3-5-14(11)17/h3-9,22H,2,10H2,1H3,(H,20,21). The molecule has 0 saturated carbocycles. The van der Waals surface area contributed by atoms with Crippen molar-refractivity contribution in [2.45, 2.75) is 17.8 Å². The average molecular weight is 368 g/mol. The van der Waals surface area contributed by atoms with Crippen molar-refractivity contribution < 1.29 is 14.3 Å². The highest BCUT2D eigenvalue weighted by Crippen LogP contribution is 2.29. The SMILES string of the molecule is CCOc1ccc2nc(SCc3cc(=O)oc4cc(O)ccc34)[nH]c2c1. The highest BCUT2D eigenvalue weighted by atomic mass is 32.2. The van der Waals surface area contributed by atoms with Crippen LogP contribution in [0.1, 0.15) is 12.5 Å². The van der Waals surface area contributed by atoms with Crippen LogP contribution in [-0.2, 0) is 5.75 Å². The lowest BCUT2D eigenvalue weighted by Gasteiger charge is -2.04. The van der Waals surface area contributed by atoms with E-state index in [2.05, 4.69) is 9.97 Å². The fourth-order valence-corrected chi connectivity index (χ4v) is 3.65. The van der Waals surface area contributed by atoms with E-state index in [1.165, 1.54) is 23.9 Å². The van der Waals surface area contributed by atoms with Crippen molar-refractivity contribution in [3.8, 4) is 11.5 Å². The molecule has 0 aliphatic rings. The predicted molar refractivity (Wildman–Crippen MR) is 101 cm³/mol. The number of ether oxygens (including phenoxy) is 1. The maximum atomic E-state index is 11.8. The first-order valence-corrected chi connectivity index (χ1v) is 9.12. The van der Waals surface area contributed by atoms with Gasteiger partial charge in [-0.05, 0) is 36.8 Å². The summed E-state index contributed by atoms with van der Waals surface area (Å²) in [7, 11) is 0. The molecule has 2 heterocycles. The van der Waals surface area contributed by atoms with E-state index in [9.17, 15) is 9.90 Å². The number of hydrogen-bond donors (Lipinski definition) is 2. The fourth-order valence-electron chi connectivity index (χ4n) is 2.77. The molecule has 0 radical (unpaired) electrons. The Morgan fingerprint density at radius 1 is 1.23 bits per heavy atom. The molecule has 2 N–H and O–H groups in total. The normalized spacial score (nSPS) is 11.3. The van der Waals surface area contributed by atoms with Crippen LogP contribution in [0.25, 0.3) is 22.0 Å². The van der Waals surface area contributed by atoms with Crippen LogP contribution in [0.15, 0.2) is 56.8 Å². The topological polar surface area (TPSA) is 88.3 Å². The summed E-state index contributed by atoms with van der Waals surface area (Å²) in [6, 6.07) is 12.0. The van der Waals surface area contributed by atoms with E-state index < -0.39 is 5.63 Å². The third-order valence-corrected chi connectivity index (χ3v) is 4.84. The molecule has 6 nitrogen and oxygen atoms in total. The molecule has 4 aromatic rings. The Morgan fingerprint density at radius 3 is 2.96 bits per heavy atom. The number of aromatic hydroxyl groups is 1. The number of benzene rings is 2. The number of hydrogen-bond acceptors (Lipinski definition) is 6. The zero-order valence-electron chi connectivity index (χ0n) is 14.0. The van der Waals surface area contributed by atoms with Crippen molar-refractivity contribution in [1.82, 2.24) is 9.97 Å². The summed E-state index contributed by atoms with van der Waals surface area (Å²) in [5, 5.41) is 11.1. The number of nitrogens with one attached hydrogen (secondary N) is 1. The maximum absolute atomic E-state index is 11.8. The molecule has 2 aromatic carbocycles. The van der Waals surface area contributed by atoms with Crippen LogP contribution in [-0.4, -0.2) is 21.7 Å². The molecule has 2 aromatic heterocycles. The van der Waals surface area contributed by atoms with Crippen molar-refractivity contribution in [3.05, 3.63) is 58.4 Å². The van der Waals surface area contributed by atoms with Gasteiger partial charge < -0.3 is 19.2 Å². The summed E-state index contributed by atoms with van der Waals surface area (Å²) in [5.41, 5.74) is 2.53. The molecule has 0 atom stereocenters. The second-order valence-electron chi connectivity index (χ2n) is 5.71. The number of fused-ring (bicyclic) bond motifs is 2. The van der Waals surface area contributed by atoms with Gasteiger partial charge in [0.15, 0.2) is 5.16 Å². The molecule has 0 aliphatic heterocycles. The van der Waals surface area contributed by atoms with Crippen LogP contribution >= 0.6 is 11.8 Å². The zero-order chi connectivity index (χ0) is 18.1. The zero-order valence-corrected chi connectivity index (χ0v) is 14.8. The van der Waals surface area contributed by atoms with Crippen LogP contribution in [0.5, 0.6) is 11.5 Å². The summed E-state index contributed by atoms with van der Waals surface area (Å²) in [6.45, 7) is 2.55. The van der Waals surface area contributed by atoms with E-state index >= 15 is 0 Å². The Morgan fingerprint density at radius 2 is 2.12 bits per heavy atom. The highest BCUT2D eigenvalue weighted by molar-refractivity contribution is 7.98. The highest BCUT2D eigenvalue weighted by Gasteiger charge is 2.10. The lowest BCUT2D eigenvalue weighted by Crippen LogP contribution is -1.99. The fraction of sp³-hybridized carbons (Fsp3) is 0.158. The lowest BCUT2D eigenvalue weighted by molar-refractivity contribution is 0.340. The smallest absolute Gasteiger partial charge is 0.336 e. The number of imidazole rings is 1. The van der Waals surface area contributed by atoms with Gasteiger partial charge in [-0.1, -0.05) is 11.8 Å². The largest absolute Gasteiger partial charge is 0.508 e. The van der Waals surface area contributed by atoms with Crippen molar-refractivity contribution in [2.75, 3.05) is 6.61 Å². The molecule has 0 fully saturated rings. The Hall–Kier alpha value is -2.93. The Kier molecular flexibility index (Phi) is 4.30. The number of rotatable bonds is 5. The Balaban J connectivity index is 1.62. The third-order valence-electron chi connectivity index (χ3n) is 3.92. The van der Waals surface area contributed by atoms with Gasteiger partial charge in [-0.15, -0.1) is 0 Å². The molecule has 0 amide bonds. The van der Waals surface area contributed by atoms with Crippen LogP contribution in [0.2, 0.25) is 0 Å². The molecule has 7 heteroatoms. The van der Waals surface area contributed by atoms with Crippen LogP contribution < -0.4 is 10.4 Å². The van der Waals surface area contributed by atoms with Crippen LogP contribution in [0.3, 0.4) is 0 Å². The molecular formula is C19H16N2O4S. The molecule has 0 saturated heterocycles. The second-order valence-corrected chi connectivity index (χ2v) is 6.68. The Labute approximate surface area is 152 Å². The van der Waals surface area contributed by atoms with Gasteiger partial charge in [0.2, 0.25) is 0 Å². The molecular weight excluding hydrogens is 352 g/mol. The molecule has 26 heavy (non-hydrogen) atoms. The van der Waals surface area contributed by atoms with Gasteiger partial charge in [0.1, 0.15) is 17.1 Å². The van der Waals surface area contributed by atoms with Crippen molar-refractivity contribution in [2.24, 2.45) is 0 Å². The minimum absolute atomic E-state index is 0.0628. The maximum Gasteiger partial charge on any atom is 0.336 e. The summed E-state index contributed by atoms with van der Waals surface area (Å²) in [5.74, 6) is 1.41. The minimum Gasteiger partial charge on any atom is -0.508 e. The summed E-state index contributed by atoms with van der Waals surface area (Å²) >= 11 is 1.50. The van der Waals surface area contributed by atoms with Gasteiger partial charge in [0.05, 0.1) is 17.6 Å². The predicted octanol–water partition coefficient (Wildman–Crippen LogP) is 4.07. The number of thioether (sulfide) groups is 1. The first kappa shape index (κ1) is 16.5. The number of phenolic OH excluding ortho intramolecular Hbond substituents is 1. The number of phenols is 1. The minimum atomic E-state index is -0.440. The van der Waals surface area contributed by atoms with Gasteiger partial charge in [-0.25, -0.2) is 9.78 Å². The average Bonchev–Trinajstić information content (AvgIpc) is 3.01. The third kappa shape index (κ3) is 3.25. The first-order chi connectivity index (χ1) is 12.6.